The van der Waals surface area contributed by atoms with Crippen molar-refractivity contribution < 1.29 is 9.59 Å². The predicted octanol–water partition coefficient (Wildman–Crippen LogP) is 2.14. The Labute approximate surface area is 104 Å². The molecule has 1 unspecified atom stereocenters. The maximum absolute atomic E-state index is 11.4. The first-order chi connectivity index (χ1) is 8.06. The van der Waals surface area contributed by atoms with E-state index in [9.17, 15) is 9.59 Å². The van der Waals surface area contributed by atoms with Gasteiger partial charge in [-0.15, -0.1) is 11.6 Å². The van der Waals surface area contributed by atoms with Gasteiger partial charge in [0.1, 0.15) is 5.38 Å². The highest BCUT2D eigenvalue weighted by Gasteiger charge is 2.16. The van der Waals surface area contributed by atoms with Crippen molar-refractivity contribution in [2.24, 2.45) is 0 Å². The van der Waals surface area contributed by atoms with Crippen LogP contribution in [0.4, 0.5) is 11.4 Å². The second-order valence-electron chi connectivity index (χ2n) is 4.03. The van der Waals surface area contributed by atoms with Crippen molar-refractivity contribution in [1.82, 2.24) is 0 Å². The van der Waals surface area contributed by atoms with Crippen LogP contribution in [-0.4, -0.2) is 17.2 Å². The van der Waals surface area contributed by atoms with E-state index in [0.29, 0.717) is 18.5 Å². The van der Waals surface area contributed by atoms with Crippen LogP contribution in [0.3, 0.4) is 0 Å². The number of halogens is 1. The number of carbonyl (C=O) groups excluding carboxylic acids is 2. The summed E-state index contributed by atoms with van der Waals surface area (Å²) in [6, 6.07) is 5.41. The molecule has 1 atom stereocenters. The van der Waals surface area contributed by atoms with Crippen LogP contribution in [0.1, 0.15) is 18.9 Å². The Morgan fingerprint density at radius 2 is 2.24 bits per heavy atom. The Kier molecular flexibility index (Phi) is 3.33. The number of nitrogens with one attached hydrogen (secondary N) is 2. The molecule has 90 valence electrons. The number of aryl methyl sites for hydroxylation is 1. The van der Waals surface area contributed by atoms with E-state index in [4.69, 9.17) is 11.6 Å². The average molecular weight is 253 g/mol. The van der Waals surface area contributed by atoms with Gasteiger partial charge in [0.25, 0.3) is 0 Å². The molecule has 0 radical (unpaired) electrons. The number of rotatable bonds is 2. The zero-order valence-corrected chi connectivity index (χ0v) is 10.2. The topological polar surface area (TPSA) is 58.2 Å². The fourth-order valence-electron chi connectivity index (χ4n) is 1.70. The van der Waals surface area contributed by atoms with E-state index < -0.39 is 5.38 Å². The van der Waals surface area contributed by atoms with Gasteiger partial charge in [-0.05, 0) is 37.1 Å². The summed E-state index contributed by atoms with van der Waals surface area (Å²) in [4.78, 5) is 22.6. The molecule has 0 saturated heterocycles. The molecule has 1 aromatic rings. The minimum atomic E-state index is -0.564. The molecule has 1 aliphatic heterocycles. The van der Waals surface area contributed by atoms with Crippen molar-refractivity contribution in [3.8, 4) is 0 Å². The zero-order valence-electron chi connectivity index (χ0n) is 9.42. The fraction of sp³-hybridized carbons (Fsp3) is 0.333. The van der Waals surface area contributed by atoms with Gasteiger partial charge < -0.3 is 10.6 Å². The van der Waals surface area contributed by atoms with Gasteiger partial charge in [-0.25, -0.2) is 0 Å². The van der Waals surface area contributed by atoms with Crippen molar-refractivity contribution in [2.45, 2.75) is 25.1 Å². The van der Waals surface area contributed by atoms with E-state index in [1.54, 1.807) is 19.1 Å². The van der Waals surface area contributed by atoms with Gasteiger partial charge >= 0.3 is 0 Å². The highest BCUT2D eigenvalue weighted by atomic mass is 35.5. The van der Waals surface area contributed by atoms with Crippen molar-refractivity contribution in [1.29, 1.82) is 0 Å². The number of hydrogen-bond acceptors (Lipinski definition) is 2. The minimum Gasteiger partial charge on any atom is -0.326 e. The number of fused-ring (bicyclic) bond motifs is 1. The summed E-state index contributed by atoms with van der Waals surface area (Å²) in [5, 5.41) is 4.94. The first kappa shape index (κ1) is 11.9. The molecule has 4 nitrogen and oxygen atoms in total. The summed E-state index contributed by atoms with van der Waals surface area (Å²) < 4.78 is 0. The second-order valence-corrected chi connectivity index (χ2v) is 4.68. The smallest absolute Gasteiger partial charge is 0.242 e. The van der Waals surface area contributed by atoms with Gasteiger partial charge in [0, 0.05) is 17.8 Å². The molecule has 0 fully saturated rings. The number of benzene rings is 1. The van der Waals surface area contributed by atoms with Crippen LogP contribution in [0.25, 0.3) is 0 Å². The Bertz CT molecular complexity index is 472. The SMILES string of the molecule is CC(Cl)C(=O)Nc1ccc2c(c1)CCC(=O)N2. The van der Waals surface area contributed by atoms with E-state index in [2.05, 4.69) is 10.6 Å². The molecule has 2 N–H and O–H groups in total. The number of hydrogen-bond donors (Lipinski definition) is 2. The van der Waals surface area contributed by atoms with Gasteiger partial charge in [-0.1, -0.05) is 0 Å². The largest absolute Gasteiger partial charge is 0.326 e. The summed E-state index contributed by atoms with van der Waals surface area (Å²) in [7, 11) is 0. The van der Waals surface area contributed by atoms with E-state index in [-0.39, 0.29) is 11.8 Å². The summed E-state index contributed by atoms with van der Waals surface area (Å²) in [5.74, 6) is -0.199. The Morgan fingerprint density at radius 1 is 1.47 bits per heavy atom. The van der Waals surface area contributed by atoms with Crippen LogP contribution >= 0.6 is 11.6 Å². The lowest BCUT2D eigenvalue weighted by Gasteiger charge is -2.17. The van der Waals surface area contributed by atoms with E-state index in [1.165, 1.54) is 0 Å². The molecular weight excluding hydrogens is 240 g/mol. The van der Waals surface area contributed by atoms with Gasteiger partial charge in [0.2, 0.25) is 11.8 Å². The molecule has 2 amide bonds. The lowest BCUT2D eigenvalue weighted by molar-refractivity contribution is -0.116. The van der Waals surface area contributed by atoms with Crippen LogP contribution in [0.2, 0.25) is 0 Å². The highest BCUT2D eigenvalue weighted by molar-refractivity contribution is 6.32. The van der Waals surface area contributed by atoms with E-state index >= 15 is 0 Å². The second kappa shape index (κ2) is 4.75. The monoisotopic (exact) mass is 252 g/mol. The molecule has 0 bridgehead atoms. The van der Waals surface area contributed by atoms with E-state index in [0.717, 1.165) is 11.3 Å². The normalized spacial score (nSPS) is 15.8. The van der Waals surface area contributed by atoms with Crippen LogP contribution < -0.4 is 10.6 Å². The van der Waals surface area contributed by atoms with Crippen LogP contribution in [-0.2, 0) is 16.0 Å². The fourth-order valence-corrected chi connectivity index (χ4v) is 1.76. The first-order valence-corrected chi connectivity index (χ1v) is 5.87. The third kappa shape index (κ3) is 2.77. The number of carbonyl (C=O) groups is 2. The minimum absolute atomic E-state index is 0.0312. The van der Waals surface area contributed by atoms with Crippen LogP contribution in [0, 0.1) is 0 Å². The quantitative estimate of drug-likeness (QED) is 0.793. The zero-order chi connectivity index (χ0) is 12.4. The van der Waals surface area contributed by atoms with Crippen molar-refractivity contribution in [3.63, 3.8) is 0 Å². The Hall–Kier alpha value is -1.55. The summed E-state index contributed by atoms with van der Waals surface area (Å²) in [5.41, 5.74) is 2.56. The Balaban J connectivity index is 2.17. The predicted molar refractivity (Wildman–Crippen MR) is 67.3 cm³/mol. The lowest BCUT2D eigenvalue weighted by atomic mass is 10.0. The van der Waals surface area contributed by atoms with Crippen LogP contribution in [0.15, 0.2) is 18.2 Å². The maximum atomic E-state index is 11.4. The van der Waals surface area contributed by atoms with Gasteiger partial charge in [-0.3, -0.25) is 9.59 Å². The third-order valence-electron chi connectivity index (χ3n) is 2.63. The van der Waals surface area contributed by atoms with E-state index in [1.807, 2.05) is 6.07 Å². The molecule has 0 saturated carbocycles. The Morgan fingerprint density at radius 3 is 2.94 bits per heavy atom. The first-order valence-electron chi connectivity index (χ1n) is 5.44. The molecule has 1 heterocycles. The van der Waals surface area contributed by atoms with Gasteiger partial charge in [0.05, 0.1) is 0 Å². The number of amides is 2. The molecule has 0 aromatic heterocycles. The molecular formula is C12H13ClN2O2. The third-order valence-corrected chi connectivity index (χ3v) is 2.83. The van der Waals surface area contributed by atoms with Crippen LogP contribution in [0.5, 0.6) is 0 Å². The number of alkyl halides is 1. The van der Waals surface area contributed by atoms with Crippen molar-refractivity contribution in [2.75, 3.05) is 10.6 Å². The standard InChI is InChI=1S/C12H13ClN2O2/c1-7(13)12(17)14-9-3-4-10-8(6-9)2-5-11(16)15-10/h3-4,6-7H,2,5H2,1H3,(H,14,17)(H,15,16). The van der Waals surface area contributed by atoms with Crippen molar-refractivity contribution >= 4 is 34.8 Å². The van der Waals surface area contributed by atoms with Crippen molar-refractivity contribution in [3.05, 3.63) is 23.8 Å². The lowest BCUT2D eigenvalue weighted by Crippen LogP contribution is -2.22. The summed E-state index contributed by atoms with van der Waals surface area (Å²) in [6.07, 6.45) is 1.18. The molecule has 1 aromatic carbocycles. The average Bonchev–Trinajstić information content (AvgIpc) is 2.29. The number of anilines is 2. The summed E-state index contributed by atoms with van der Waals surface area (Å²) >= 11 is 5.67. The molecule has 2 rings (SSSR count). The highest BCUT2D eigenvalue weighted by Crippen LogP contribution is 2.25. The molecule has 5 heteroatoms. The molecule has 17 heavy (non-hydrogen) atoms. The molecule has 1 aliphatic rings. The maximum Gasteiger partial charge on any atom is 0.242 e. The summed E-state index contributed by atoms with van der Waals surface area (Å²) in [6.45, 7) is 1.62. The van der Waals surface area contributed by atoms with Gasteiger partial charge in [-0.2, -0.15) is 0 Å². The molecule has 0 spiro atoms. The van der Waals surface area contributed by atoms with Gasteiger partial charge in [0.15, 0.2) is 0 Å². The molecule has 0 aliphatic carbocycles.